The molecule has 0 atom stereocenters. The number of hydrogen-bond donors (Lipinski definition) is 2. The lowest BCUT2D eigenvalue weighted by Crippen LogP contribution is -2.51. The number of carbonyl (C=O) groups excluding carboxylic acids is 3. The molecular formula is C18H32N4O3. The molecule has 0 aromatic rings. The number of hydrogen-bond acceptors (Lipinski definition) is 4. The van der Waals surface area contributed by atoms with Crippen LogP contribution in [0.4, 0.5) is 0 Å². The van der Waals surface area contributed by atoms with Crippen molar-refractivity contribution in [1.82, 2.24) is 20.4 Å². The first-order valence-electron chi connectivity index (χ1n) is 9.56. The normalized spacial score (nSPS) is 19.0. The van der Waals surface area contributed by atoms with Crippen LogP contribution in [0.3, 0.4) is 0 Å². The first-order valence-corrected chi connectivity index (χ1v) is 9.56. The monoisotopic (exact) mass is 352 g/mol. The Morgan fingerprint density at radius 1 is 0.960 bits per heavy atom. The molecule has 2 rings (SSSR count). The van der Waals surface area contributed by atoms with E-state index in [2.05, 4.69) is 15.5 Å². The highest BCUT2D eigenvalue weighted by molar-refractivity contribution is 5.78. The predicted octanol–water partition coefficient (Wildman–Crippen LogP) is 0.353. The molecule has 7 nitrogen and oxygen atoms in total. The highest BCUT2D eigenvalue weighted by atomic mass is 16.2. The Bertz CT molecular complexity index is 455. The van der Waals surface area contributed by atoms with Crippen LogP contribution in [0.15, 0.2) is 0 Å². The highest BCUT2D eigenvalue weighted by Gasteiger charge is 2.23. The minimum atomic E-state index is -0.0945. The Kier molecular flexibility index (Phi) is 8.18. The van der Waals surface area contributed by atoms with E-state index in [4.69, 9.17) is 0 Å². The SMILES string of the molecule is CC(=O)NCCNC(=O)CN1CCN(C(=O)CCC2CCCC2)CC1. The molecule has 0 spiro atoms. The fourth-order valence-electron chi connectivity index (χ4n) is 3.64. The van der Waals surface area contributed by atoms with Crippen molar-refractivity contribution in [1.29, 1.82) is 0 Å². The third-order valence-corrected chi connectivity index (χ3v) is 5.15. The Hall–Kier alpha value is -1.63. The molecule has 3 amide bonds. The van der Waals surface area contributed by atoms with E-state index in [0.29, 0.717) is 39.1 Å². The average Bonchev–Trinajstić information content (AvgIpc) is 3.10. The van der Waals surface area contributed by atoms with Gasteiger partial charge in [-0.05, 0) is 12.3 Å². The van der Waals surface area contributed by atoms with Gasteiger partial charge in [-0.25, -0.2) is 0 Å². The number of nitrogens with one attached hydrogen (secondary N) is 2. The van der Waals surface area contributed by atoms with Gasteiger partial charge in [-0.15, -0.1) is 0 Å². The molecule has 0 bridgehead atoms. The summed E-state index contributed by atoms with van der Waals surface area (Å²) < 4.78 is 0. The van der Waals surface area contributed by atoms with Crippen molar-refractivity contribution in [2.45, 2.75) is 45.4 Å². The van der Waals surface area contributed by atoms with Gasteiger partial charge in [0.15, 0.2) is 0 Å². The molecule has 0 unspecified atom stereocenters. The Morgan fingerprint density at radius 3 is 2.24 bits per heavy atom. The molecule has 0 aromatic heterocycles. The minimum Gasteiger partial charge on any atom is -0.355 e. The molecule has 0 aromatic carbocycles. The summed E-state index contributed by atoms with van der Waals surface area (Å²) in [6.07, 6.45) is 6.94. The van der Waals surface area contributed by atoms with Gasteiger partial charge >= 0.3 is 0 Å². The second kappa shape index (κ2) is 10.4. The standard InChI is InChI=1S/C18H32N4O3/c1-15(23)19-8-9-20-17(24)14-21-10-12-22(13-11-21)18(25)7-6-16-4-2-3-5-16/h16H,2-14H2,1H3,(H,19,23)(H,20,24). The Labute approximate surface area is 150 Å². The zero-order valence-electron chi connectivity index (χ0n) is 15.4. The lowest BCUT2D eigenvalue weighted by molar-refractivity contribution is -0.133. The molecule has 7 heteroatoms. The highest BCUT2D eigenvalue weighted by Crippen LogP contribution is 2.28. The quantitative estimate of drug-likeness (QED) is 0.618. The molecular weight excluding hydrogens is 320 g/mol. The van der Waals surface area contributed by atoms with E-state index in [1.165, 1.54) is 32.6 Å². The molecule has 2 fully saturated rings. The van der Waals surface area contributed by atoms with Crippen molar-refractivity contribution in [2.24, 2.45) is 5.92 Å². The van der Waals surface area contributed by atoms with E-state index < -0.39 is 0 Å². The summed E-state index contributed by atoms with van der Waals surface area (Å²) in [6, 6.07) is 0. The Balaban J connectivity index is 1.56. The molecule has 2 aliphatic rings. The molecule has 2 N–H and O–H groups in total. The van der Waals surface area contributed by atoms with Gasteiger partial charge in [0.25, 0.3) is 0 Å². The van der Waals surface area contributed by atoms with E-state index in [9.17, 15) is 14.4 Å². The fraction of sp³-hybridized carbons (Fsp3) is 0.833. The average molecular weight is 352 g/mol. The molecule has 1 heterocycles. The van der Waals surface area contributed by atoms with Gasteiger partial charge in [0.2, 0.25) is 17.7 Å². The molecule has 25 heavy (non-hydrogen) atoms. The third-order valence-electron chi connectivity index (χ3n) is 5.15. The summed E-state index contributed by atoms with van der Waals surface area (Å²) in [5.41, 5.74) is 0. The lowest BCUT2D eigenvalue weighted by Gasteiger charge is -2.34. The third kappa shape index (κ3) is 7.42. The van der Waals surface area contributed by atoms with E-state index in [1.807, 2.05) is 4.90 Å². The number of nitrogens with zero attached hydrogens (tertiary/aromatic N) is 2. The van der Waals surface area contributed by atoms with Crippen LogP contribution in [0.2, 0.25) is 0 Å². The van der Waals surface area contributed by atoms with E-state index >= 15 is 0 Å². The fourth-order valence-corrected chi connectivity index (χ4v) is 3.64. The summed E-state index contributed by atoms with van der Waals surface area (Å²) in [4.78, 5) is 39.0. The van der Waals surface area contributed by atoms with Crippen molar-refractivity contribution >= 4 is 17.7 Å². The molecule has 0 radical (unpaired) electrons. The van der Waals surface area contributed by atoms with Crippen LogP contribution in [0, 0.1) is 5.92 Å². The van der Waals surface area contributed by atoms with Gasteiger partial charge in [-0.3, -0.25) is 19.3 Å². The first kappa shape index (κ1) is 19.7. The van der Waals surface area contributed by atoms with Gasteiger partial charge in [0.1, 0.15) is 0 Å². The number of amides is 3. The van der Waals surface area contributed by atoms with Crippen molar-refractivity contribution in [2.75, 3.05) is 45.8 Å². The summed E-state index contributed by atoms with van der Waals surface area (Å²) in [5.74, 6) is 0.895. The van der Waals surface area contributed by atoms with Crippen LogP contribution in [0.1, 0.15) is 45.4 Å². The maximum Gasteiger partial charge on any atom is 0.234 e. The smallest absolute Gasteiger partial charge is 0.234 e. The number of rotatable bonds is 8. The van der Waals surface area contributed by atoms with E-state index in [-0.39, 0.29) is 17.7 Å². The summed E-state index contributed by atoms with van der Waals surface area (Å²) in [5, 5.41) is 5.44. The predicted molar refractivity (Wildman–Crippen MR) is 95.9 cm³/mol. The second-order valence-corrected chi connectivity index (χ2v) is 7.18. The van der Waals surface area contributed by atoms with Crippen molar-refractivity contribution in [3.05, 3.63) is 0 Å². The van der Waals surface area contributed by atoms with Crippen LogP contribution in [0.25, 0.3) is 0 Å². The number of carbonyl (C=O) groups is 3. The summed E-state index contributed by atoms with van der Waals surface area (Å²) in [7, 11) is 0. The summed E-state index contributed by atoms with van der Waals surface area (Å²) in [6.45, 7) is 5.61. The molecule has 1 saturated carbocycles. The van der Waals surface area contributed by atoms with Crippen LogP contribution in [-0.2, 0) is 14.4 Å². The molecule has 1 aliphatic carbocycles. The van der Waals surface area contributed by atoms with Gasteiger partial charge in [-0.1, -0.05) is 25.7 Å². The van der Waals surface area contributed by atoms with Crippen molar-refractivity contribution < 1.29 is 14.4 Å². The molecule has 142 valence electrons. The van der Waals surface area contributed by atoms with Crippen LogP contribution in [-0.4, -0.2) is 73.3 Å². The van der Waals surface area contributed by atoms with Crippen LogP contribution < -0.4 is 10.6 Å². The van der Waals surface area contributed by atoms with Gasteiger partial charge in [-0.2, -0.15) is 0 Å². The largest absolute Gasteiger partial charge is 0.355 e. The maximum atomic E-state index is 12.3. The van der Waals surface area contributed by atoms with Gasteiger partial charge < -0.3 is 15.5 Å². The zero-order chi connectivity index (χ0) is 18.1. The van der Waals surface area contributed by atoms with Crippen molar-refractivity contribution in [3.63, 3.8) is 0 Å². The zero-order valence-corrected chi connectivity index (χ0v) is 15.4. The minimum absolute atomic E-state index is 0.0358. The van der Waals surface area contributed by atoms with Crippen LogP contribution in [0.5, 0.6) is 0 Å². The molecule has 1 aliphatic heterocycles. The number of piperazine rings is 1. The van der Waals surface area contributed by atoms with Crippen LogP contribution >= 0.6 is 0 Å². The van der Waals surface area contributed by atoms with Crippen molar-refractivity contribution in [3.8, 4) is 0 Å². The van der Waals surface area contributed by atoms with Gasteiger partial charge in [0.05, 0.1) is 6.54 Å². The van der Waals surface area contributed by atoms with E-state index in [0.717, 1.165) is 25.4 Å². The maximum absolute atomic E-state index is 12.3. The second-order valence-electron chi connectivity index (χ2n) is 7.18. The van der Waals surface area contributed by atoms with Gasteiger partial charge in [0, 0.05) is 52.6 Å². The summed E-state index contributed by atoms with van der Waals surface area (Å²) >= 11 is 0. The first-order chi connectivity index (χ1) is 12.0. The lowest BCUT2D eigenvalue weighted by atomic mass is 10.0. The van der Waals surface area contributed by atoms with E-state index in [1.54, 1.807) is 0 Å². The Morgan fingerprint density at radius 2 is 1.60 bits per heavy atom. The molecule has 1 saturated heterocycles. The topological polar surface area (TPSA) is 81.8 Å².